The van der Waals surface area contributed by atoms with E-state index in [0.29, 0.717) is 18.5 Å². The molecule has 0 bridgehead atoms. The zero-order valence-corrected chi connectivity index (χ0v) is 13.9. The summed E-state index contributed by atoms with van der Waals surface area (Å²) in [7, 11) is 1.36. The van der Waals surface area contributed by atoms with Gasteiger partial charge in [0, 0.05) is 44.8 Å². The van der Waals surface area contributed by atoms with E-state index in [2.05, 4.69) is 21.9 Å². The van der Waals surface area contributed by atoms with Gasteiger partial charge in [-0.15, -0.1) is 0 Å². The second-order valence-corrected chi connectivity index (χ2v) is 5.56. The Morgan fingerprint density at radius 1 is 1.13 bits per heavy atom. The van der Waals surface area contributed by atoms with Gasteiger partial charge in [-0.25, -0.2) is 4.79 Å². The Hall–Kier alpha value is -2.08. The number of hydrogen-bond acceptors (Lipinski definition) is 5. The first-order valence-electron chi connectivity index (χ1n) is 8.06. The first-order chi connectivity index (χ1) is 11.1. The van der Waals surface area contributed by atoms with Gasteiger partial charge in [-0.1, -0.05) is 6.92 Å². The number of nitrogens with zero attached hydrogens (tertiary/aromatic N) is 2. The third-order valence-corrected chi connectivity index (χ3v) is 4.15. The maximum Gasteiger partial charge on any atom is 0.337 e. The van der Waals surface area contributed by atoms with Crippen LogP contribution in [0, 0.1) is 0 Å². The summed E-state index contributed by atoms with van der Waals surface area (Å²) in [4.78, 5) is 27.8. The molecule has 1 aliphatic heterocycles. The van der Waals surface area contributed by atoms with Crippen molar-refractivity contribution in [2.24, 2.45) is 0 Å². The molecule has 1 fully saturated rings. The first kappa shape index (κ1) is 17.3. The number of hydrogen-bond donors (Lipinski definition) is 1. The van der Waals surface area contributed by atoms with Crippen LogP contribution in [0.15, 0.2) is 24.3 Å². The van der Waals surface area contributed by atoms with Gasteiger partial charge in [0.1, 0.15) is 0 Å². The summed E-state index contributed by atoms with van der Waals surface area (Å²) in [6, 6.07) is 7.05. The summed E-state index contributed by atoms with van der Waals surface area (Å²) in [5.74, 6) is -0.155. The Morgan fingerprint density at radius 3 is 2.35 bits per heavy atom. The smallest absolute Gasteiger partial charge is 0.337 e. The summed E-state index contributed by atoms with van der Waals surface area (Å²) in [5, 5.41) is 3.21. The van der Waals surface area contributed by atoms with E-state index in [1.807, 2.05) is 17.0 Å². The van der Waals surface area contributed by atoms with Gasteiger partial charge in [0.2, 0.25) is 5.91 Å². The SMILES string of the molecule is CCN1CCN(C(=O)CCNc2ccc(C(=O)OC)cc2)CC1. The predicted molar refractivity (Wildman–Crippen MR) is 89.6 cm³/mol. The van der Waals surface area contributed by atoms with Gasteiger partial charge >= 0.3 is 5.97 Å². The van der Waals surface area contributed by atoms with E-state index in [9.17, 15) is 9.59 Å². The molecule has 1 saturated heterocycles. The number of methoxy groups -OCH3 is 1. The van der Waals surface area contributed by atoms with E-state index in [1.54, 1.807) is 12.1 Å². The molecule has 0 unspecified atom stereocenters. The van der Waals surface area contributed by atoms with Crippen LogP contribution in [0.1, 0.15) is 23.7 Å². The van der Waals surface area contributed by atoms with Crippen LogP contribution < -0.4 is 5.32 Å². The zero-order chi connectivity index (χ0) is 16.7. The van der Waals surface area contributed by atoms with E-state index in [4.69, 9.17) is 0 Å². The van der Waals surface area contributed by atoms with Crippen LogP contribution >= 0.6 is 0 Å². The van der Waals surface area contributed by atoms with Crippen LogP contribution in [0.25, 0.3) is 0 Å². The van der Waals surface area contributed by atoms with Crippen LogP contribution in [0.4, 0.5) is 5.69 Å². The maximum absolute atomic E-state index is 12.2. The summed E-state index contributed by atoms with van der Waals surface area (Å²) >= 11 is 0. The van der Waals surface area contributed by atoms with Gasteiger partial charge in [-0.2, -0.15) is 0 Å². The van der Waals surface area contributed by atoms with Crippen molar-refractivity contribution in [1.29, 1.82) is 0 Å². The largest absolute Gasteiger partial charge is 0.465 e. The number of esters is 1. The molecule has 1 aromatic rings. The van der Waals surface area contributed by atoms with Gasteiger partial charge in [0.25, 0.3) is 0 Å². The molecule has 0 atom stereocenters. The Bertz CT molecular complexity index is 522. The van der Waals surface area contributed by atoms with Crippen molar-refractivity contribution in [2.75, 3.05) is 51.7 Å². The molecule has 0 saturated carbocycles. The third-order valence-electron chi connectivity index (χ3n) is 4.15. The number of benzene rings is 1. The molecular formula is C17H25N3O3. The van der Waals surface area contributed by atoms with Crippen molar-refractivity contribution in [3.05, 3.63) is 29.8 Å². The molecule has 1 heterocycles. The number of ether oxygens (including phenoxy) is 1. The number of likely N-dealkylation sites (N-methyl/N-ethyl adjacent to an activating group) is 1. The topological polar surface area (TPSA) is 61.9 Å². The van der Waals surface area contributed by atoms with E-state index >= 15 is 0 Å². The van der Waals surface area contributed by atoms with Crippen LogP contribution in [0.3, 0.4) is 0 Å². The van der Waals surface area contributed by atoms with Crippen molar-refractivity contribution >= 4 is 17.6 Å². The maximum atomic E-state index is 12.2. The lowest BCUT2D eigenvalue weighted by molar-refractivity contribution is -0.132. The molecule has 126 valence electrons. The molecule has 0 aromatic heterocycles. The highest BCUT2D eigenvalue weighted by Gasteiger charge is 2.19. The first-order valence-corrected chi connectivity index (χ1v) is 8.06. The van der Waals surface area contributed by atoms with E-state index in [-0.39, 0.29) is 11.9 Å². The molecule has 23 heavy (non-hydrogen) atoms. The van der Waals surface area contributed by atoms with E-state index in [0.717, 1.165) is 38.4 Å². The second-order valence-electron chi connectivity index (χ2n) is 5.56. The van der Waals surface area contributed by atoms with E-state index < -0.39 is 0 Å². The van der Waals surface area contributed by atoms with E-state index in [1.165, 1.54) is 7.11 Å². The van der Waals surface area contributed by atoms with Crippen LogP contribution in [-0.4, -0.2) is 68.1 Å². The van der Waals surface area contributed by atoms with Crippen LogP contribution in [0.5, 0.6) is 0 Å². The summed E-state index contributed by atoms with van der Waals surface area (Å²) < 4.78 is 4.66. The fourth-order valence-corrected chi connectivity index (χ4v) is 2.63. The zero-order valence-electron chi connectivity index (χ0n) is 13.9. The second kappa shape index (κ2) is 8.53. The number of rotatable bonds is 6. The molecule has 1 aromatic carbocycles. The highest BCUT2D eigenvalue weighted by Crippen LogP contribution is 2.11. The summed E-state index contributed by atoms with van der Waals surface area (Å²) in [6.07, 6.45) is 0.477. The van der Waals surface area contributed by atoms with Crippen LogP contribution in [0.2, 0.25) is 0 Å². The third kappa shape index (κ3) is 4.96. The highest BCUT2D eigenvalue weighted by atomic mass is 16.5. The normalized spacial score (nSPS) is 15.3. The Kier molecular flexibility index (Phi) is 6.40. The minimum atomic E-state index is -0.349. The lowest BCUT2D eigenvalue weighted by Gasteiger charge is -2.34. The molecule has 6 nitrogen and oxygen atoms in total. The fraction of sp³-hybridized carbons (Fsp3) is 0.529. The summed E-state index contributed by atoms with van der Waals surface area (Å²) in [5.41, 5.74) is 1.41. The molecule has 1 N–H and O–H groups in total. The van der Waals surface area contributed by atoms with Crippen molar-refractivity contribution in [1.82, 2.24) is 9.80 Å². The van der Waals surface area contributed by atoms with Gasteiger partial charge in [0.05, 0.1) is 12.7 Å². The Morgan fingerprint density at radius 2 is 1.78 bits per heavy atom. The number of amides is 1. The van der Waals surface area contributed by atoms with Crippen LogP contribution in [-0.2, 0) is 9.53 Å². The molecule has 0 aliphatic carbocycles. The highest BCUT2D eigenvalue weighted by molar-refractivity contribution is 5.89. The number of piperazine rings is 1. The number of carbonyl (C=O) groups excluding carboxylic acids is 2. The van der Waals surface area contributed by atoms with Gasteiger partial charge in [0.15, 0.2) is 0 Å². The molecular weight excluding hydrogens is 294 g/mol. The standard InChI is InChI=1S/C17H25N3O3/c1-3-19-10-12-20(13-11-19)16(21)8-9-18-15-6-4-14(5-7-15)17(22)23-2/h4-7,18H,3,8-13H2,1-2H3. The number of carbonyl (C=O) groups is 2. The molecule has 1 amide bonds. The minimum Gasteiger partial charge on any atom is -0.465 e. The molecule has 2 rings (SSSR count). The monoisotopic (exact) mass is 319 g/mol. The number of anilines is 1. The molecule has 6 heteroatoms. The predicted octanol–water partition coefficient (Wildman–Crippen LogP) is 1.44. The van der Waals surface area contributed by atoms with Gasteiger partial charge in [-0.05, 0) is 30.8 Å². The van der Waals surface area contributed by atoms with Crippen molar-refractivity contribution in [3.8, 4) is 0 Å². The lowest BCUT2D eigenvalue weighted by Crippen LogP contribution is -2.48. The summed E-state index contributed by atoms with van der Waals surface area (Å²) in [6.45, 7) is 7.35. The minimum absolute atomic E-state index is 0.194. The van der Waals surface area contributed by atoms with Crippen molar-refractivity contribution < 1.29 is 14.3 Å². The molecule has 1 aliphatic rings. The van der Waals surface area contributed by atoms with Gasteiger partial charge in [-0.3, -0.25) is 4.79 Å². The van der Waals surface area contributed by atoms with Crippen molar-refractivity contribution in [3.63, 3.8) is 0 Å². The Labute approximate surface area is 137 Å². The average Bonchev–Trinajstić information content (AvgIpc) is 2.61. The number of nitrogens with one attached hydrogen (secondary N) is 1. The van der Waals surface area contributed by atoms with Gasteiger partial charge < -0.3 is 19.9 Å². The Balaban J connectivity index is 1.72. The van der Waals surface area contributed by atoms with Crippen molar-refractivity contribution in [2.45, 2.75) is 13.3 Å². The average molecular weight is 319 g/mol. The fourth-order valence-electron chi connectivity index (χ4n) is 2.63. The quantitative estimate of drug-likeness (QED) is 0.804. The molecule has 0 spiro atoms. The lowest BCUT2D eigenvalue weighted by atomic mass is 10.2. The molecule has 0 radical (unpaired) electrons.